The molecular weight excluding hydrogens is 178 g/mol. The van der Waals surface area contributed by atoms with Crippen LogP contribution in [0.3, 0.4) is 0 Å². The van der Waals surface area contributed by atoms with Crippen LogP contribution in [0.4, 0.5) is 0 Å². The number of nitrogens with zero attached hydrogens (tertiary/aromatic N) is 2. The predicted octanol–water partition coefficient (Wildman–Crippen LogP) is 1.66. The van der Waals surface area contributed by atoms with Crippen molar-refractivity contribution in [2.24, 2.45) is 0 Å². The molecule has 0 aliphatic heterocycles. The maximum absolute atomic E-state index is 5.48. The summed E-state index contributed by atoms with van der Waals surface area (Å²) in [4.78, 5) is 0. The first-order valence-electron chi connectivity index (χ1n) is 5.43. The van der Waals surface area contributed by atoms with Crippen molar-refractivity contribution in [2.75, 3.05) is 0 Å². The van der Waals surface area contributed by atoms with Crippen LogP contribution in [-0.4, -0.2) is 16.2 Å². The summed E-state index contributed by atoms with van der Waals surface area (Å²) in [7, 11) is 0. The quantitative estimate of drug-likeness (QED) is 0.750. The van der Waals surface area contributed by atoms with Crippen LogP contribution in [0.15, 0.2) is 4.42 Å². The van der Waals surface area contributed by atoms with Gasteiger partial charge in [0.15, 0.2) is 0 Å². The fourth-order valence-electron chi connectivity index (χ4n) is 1.31. The maximum Gasteiger partial charge on any atom is 0.230 e. The highest BCUT2D eigenvalue weighted by Crippen LogP contribution is 2.19. The lowest BCUT2D eigenvalue weighted by Gasteiger charge is -1.95. The fourth-order valence-corrected chi connectivity index (χ4v) is 1.31. The van der Waals surface area contributed by atoms with E-state index in [4.69, 9.17) is 4.42 Å². The van der Waals surface area contributed by atoms with E-state index in [9.17, 15) is 0 Å². The zero-order chi connectivity index (χ0) is 9.80. The van der Waals surface area contributed by atoms with E-state index in [-0.39, 0.29) is 0 Å². The Morgan fingerprint density at radius 3 is 2.86 bits per heavy atom. The fraction of sp³-hybridized carbons (Fsp3) is 0.800. The molecule has 0 bridgehead atoms. The van der Waals surface area contributed by atoms with Gasteiger partial charge in [-0.25, -0.2) is 0 Å². The van der Waals surface area contributed by atoms with Crippen molar-refractivity contribution in [3.05, 3.63) is 11.8 Å². The molecule has 0 unspecified atom stereocenters. The second-order valence-electron chi connectivity index (χ2n) is 3.85. The third-order valence-electron chi connectivity index (χ3n) is 2.37. The maximum atomic E-state index is 5.48. The molecule has 0 atom stereocenters. The number of unbranched alkanes of at least 4 members (excludes halogenated alkanes) is 1. The first-order valence-corrected chi connectivity index (χ1v) is 5.43. The van der Waals surface area contributed by atoms with Crippen LogP contribution in [0.2, 0.25) is 0 Å². The van der Waals surface area contributed by atoms with E-state index < -0.39 is 0 Å². The number of nitrogens with one attached hydrogen (secondary N) is 1. The van der Waals surface area contributed by atoms with Crippen LogP contribution in [0.25, 0.3) is 0 Å². The Kier molecular flexibility index (Phi) is 3.14. The van der Waals surface area contributed by atoms with E-state index in [2.05, 4.69) is 22.4 Å². The molecule has 4 heteroatoms. The van der Waals surface area contributed by atoms with Gasteiger partial charge in [-0.05, 0) is 19.3 Å². The van der Waals surface area contributed by atoms with Gasteiger partial charge in [0.05, 0.1) is 6.54 Å². The van der Waals surface area contributed by atoms with Crippen LogP contribution in [-0.2, 0) is 13.0 Å². The normalized spacial score (nSPS) is 16.1. The molecule has 1 aromatic rings. The second kappa shape index (κ2) is 4.55. The Bertz CT molecular complexity index is 281. The Morgan fingerprint density at radius 2 is 2.14 bits per heavy atom. The van der Waals surface area contributed by atoms with Crippen LogP contribution < -0.4 is 5.32 Å². The molecule has 0 aromatic carbocycles. The smallest absolute Gasteiger partial charge is 0.230 e. The van der Waals surface area contributed by atoms with Crippen molar-refractivity contribution in [3.8, 4) is 0 Å². The third kappa shape index (κ3) is 2.80. The lowest BCUT2D eigenvalue weighted by molar-refractivity contribution is 0.427. The molecule has 4 nitrogen and oxygen atoms in total. The summed E-state index contributed by atoms with van der Waals surface area (Å²) in [5.41, 5.74) is 0. The molecule has 0 amide bonds. The minimum atomic E-state index is 0.695. The van der Waals surface area contributed by atoms with Gasteiger partial charge in [0, 0.05) is 12.5 Å². The topological polar surface area (TPSA) is 51.0 Å². The minimum absolute atomic E-state index is 0.695. The Labute approximate surface area is 84.1 Å². The average molecular weight is 195 g/mol. The van der Waals surface area contributed by atoms with Crippen LogP contribution in [0.1, 0.15) is 44.4 Å². The SMILES string of the molecule is CCCCc1nnc(CNC2CC2)o1. The summed E-state index contributed by atoms with van der Waals surface area (Å²) in [5, 5.41) is 11.3. The Balaban J connectivity index is 1.76. The highest BCUT2D eigenvalue weighted by Gasteiger charge is 2.21. The van der Waals surface area contributed by atoms with Crippen LogP contribution >= 0.6 is 0 Å². The lowest BCUT2D eigenvalue weighted by Crippen LogP contribution is -2.15. The minimum Gasteiger partial charge on any atom is -0.424 e. The van der Waals surface area contributed by atoms with E-state index in [1.807, 2.05) is 0 Å². The van der Waals surface area contributed by atoms with Gasteiger partial charge < -0.3 is 9.73 Å². The standard InChI is InChI=1S/C10H17N3O/c1-2-3-4-9-12-13-10(14-9)7-11-8-5-6-8/h8,11H,2-7H2,1H3. The highest BCUT2D eigenvalue weighted by molar-refractivity contribution is 4.86. The molecule has 1 aromatic heterocycles. The van der Waals surface area contributed by atoms with Gasteiger partial charge in [-0.15, -0.1) is 10.2 Å². The van der Waals surface area contributed by atoms with Gasteiger partial charge in [0.1, 0.15) is 0 Å². The van der Waals surface area contributed by atoms with Gasteiger partial charge in [0.25, 0.3) is 0 Å². The second-order valence-corrected chi connectivity index (χ2v) is 3.85. The molecule has 0 radical (unpaired) electrons. The van der Waals surface area contributed by atoms with Gasteiger partial charge in [-0.1, -0.05) is 13.3 Å². The van der Waals surface area contributed by atoms with Gasteiger partial charge >= 0.3 is 0 Å². The summed E-state index contributed by atoms with van der Waals surface area (Å²) in [6, 6.07) is 0.695. The van der Waals surface area contributed by atoms with Crippen molar-refractivity contribution in [1.29, 1.82) is 0 Å². The number of rotatable bonds is 6. The van der Waals surface area contributed by atoms with Crippen molar-refractivity contribution in [2.45, 2.75) is 51.6 Å². The van der Waals surface area contributed by atoms with Gasteiger partial charge in [0.2, 0.25) is 11.8 Å². The monoisotopic (exact) mass is 195 g/mol. The first kappa shape index (κ1) is 9.65. The molecule has 1 heterocycles. The molecule has 1 aliphatic carbocycles. The molecule has 0 saturated heterocycles. The number of aryl methyl sites for hydroxylation is 1. The predicted molar refractivity (Wildman–Crippen MR) is 52.8 cm³/mol. The van der Waals surface area contributed by atoms with E-state index in [1.54, 1.807) is 0 Å². The summed E-state index contributed by atoms with van der Waals surface area (Å²) >= 11 is 0. The summed E-state index contributed by atoms with van der Waals surface area (Å²) < 4.78 is 5.48. The largest absolute Gasteiger partial charge is 0.424 e. The number of hydrogen-bond acceptors (Lipinski definition) is 4. The average Bonchev–Trinajstić information content (AvgIpc) is 2.92. The van der Waals surface area contributed by atoms with E-state index in [0.29, 0.717) is 6.04 Å². The third-order valence-corrected chi connectivity index (χ3v) is 2.37. The Morgan fingerprint density at radius 1 is 1.36 bits per heavy atom. The van der Waals surface area contributed by atoms with Gasteiger partial charge in [-0.2, -0.15) is 0 Å². The molecular formula is C10H17N3O. The van der Waals surface area contributed by atoms with Crippen molar-refractivity contribution in [3.63, 3.8) is 0 Å². The summed E-state index contributed by atoms with van der Waals surface area (Å²) in [6.07, 6.45) is 5.77. The number of aromatic nitrogens is 2. The van der Waals surface area contributed by atoms with Crippen molar-refractivity contribution >= 4 is 0 Å². The Hall–Kier alpha value is -0.900. The molecule has 1 N–H and O–H groups in total. The lowest BCUT2D eigenvalue weighted by atomic mass is 10.2. The molecule has 2 rings (SSSR count). The number of hydrogen-bond donors (Lipinski definition) is 1. The van der Waals surface area contributed by atoms with E-state index in [1.165, 1.54) is 12.8 Å². The van der Waals surface area contributed by atoms with E-state index >= 15 is 0 Å². The van der Waals surface area contributed by atoms with Crippen molar-refractivity contribution < 1.29 is 4.42 Å². The zero-order valence-corrected chi connectivity index (χ0v) is 8.62. The first-order chi connectivity index (χ1) is 6.88. The summed E-state index contributed by atoms with van der Waals surface area (Å²) in [5.74, 6) is 1.50. The van der Waals surface area contributed by atoms with Crippen LogP contribution in [0, 0.1) is 0 Å². The molecule has 1 saturated carbocycles. The molecule has 14 heavy (non-hydrogen) atoms. The molecule has 0 spiro atoms. The van der Waals surface area contributed by atoms with E-state index in [0.717, 1.165) is 37.6 Å². The van der Waals surface area contributed by atoms with Crippen molar-refractivity contribution in [1.82, 2.24) is 15.5 Å². The summed E-state index contributed by atoms with van der Waals surface area (Å²) in [6.45, 7) is 2.88. The molecule has 1 aliphatic rings. The highest BCUT2D eigenvalue weighted by atomic mass is 16.4. The van der Waals surface area contributed by atoms with Gasteiger partial charge in [-0.3, -0.25) is 0 Å². The molecule has 78 valence electrons. The van der Waals surface area contributed by atoms with Crippen LogP contribution in [0.5, 0.6) is 0 Å². The molecule has 1 fully saturated rings. The zero-order valence-electron chi connectivity index (χ0n) is 8.62.